The summed E-state index contributed by atoms with van der Waals surface area (Å²) in [5.74, 6) is -2.58. The number of esters is 2. The average molecular weight is 798 g/mol. The van der Waals surface area contributed by atoms with Crippen LogP contribution >= 0.6 is 0 Å². The van der Waals surface area contributed by atoms with E-state index < -0.39 is 109 Å². The minimum absolute atomic E-state index is 0.0970. The van der Waals surface area contributed by atoms with Crippen molar-refractivity contribution in [1.29, 1.82) is 0 Å². The summed E-state index contributed by atoms with van der Waals surface area (Å²) in [4.78, 5) is 52.9. The summed E-state index contributed by atoms with van der Waals surface area (Å²) in [6, 6.07) is -0.737. The van der Waals surface area contributed by atoms with Crippen molar-refractivity contribution in [3.8, 4) is 0 Å². The fourth-order valence-electron chi connectivity index (χ4n) is 7.84. The van der Waals surface area contributed by atoms with E-state index in [0.717, 1.165) is 0 Å². The maximum Gasteiger partial charge on any atom is 0.309 e. The van der Waals surface area contributed by atoms with E-state index in [1.807, 2.05) is 20.8 Å². The minimum Gasteiger partial charge on any atom is -0.462 e. The Morgan fingerprint density at radius 3 is 2.34 bits per heavy atom. The zero-order valence-corrected chi connectivity index (χ0v) is 35.0. The number of allylic oxidation sites excluding steroid dienone is 3. The molecule has 56 heavy (non-hydrogen) atoms. The van der Waals surface area contributed by atoms with Crippen molar-refractivity contribution < 1.29 is 67.3 Å². The van der Waals surface area contributed by atoms with Gasteiger partial charge in [-0.2, -0.15) is 0 Å². The first kappa shape index (κ1) is 47.8. The highest BCUT2D eigenvalue weighted by molar-refractivity contribution is 5.91. The van der Waals surface area contributed by atoms with Crippen LogP contribution in [0.5, 0.6) is 0 Å². The predicted molar refractivity (Wildman–Crippen MR) is 204 cm³/mol. The number of carbonyl (C=O) groups excluding carboxylic acids is 4. The number of likely N-dealkylation sites (N-methyl/N-ethyl adjacent to an activating group) is 1. The summed E-state index contributed by atoms with van der Waals surface area (Å²) < 4.78 is 49.0. The Hall–Kier alpha value is -2.60. The molecular weight excluding hydrogens is 730 g/mol. The Balaban J connectivity index is 1.99. The fourth-order valence-corrected chi connectivity index (χ4v) is 7.84. The second kappa shape index (κ2) is 22.0. The van der Waals surface area contributed by atoms with E-state index in [9.17, 15) is 29.4 Å². The number of ketones is 1. The van der Waals surface area contributed by atoms with Crippen molar-refractivity contribution >= 4 is 24.0 Å². The molecule has 0 saturated carbocycles. The molecule has 15 unspecified atom stereocenters. The number of aliphatic hydroxyl groups is 2. The van der Waals surface area contributed by atoms with Crippen LogP contribution in [-0.2, 0) is 57.1 Å². The van der Waals surface area contributed by atoms with Crippen LogP contribution in [0, 0.1) is 17.8 Å². The van der Waals surface area contributed by atoms with Crippen molar-refractivity contribution in [2.24, 2.45) is 17.8 Å². The summed E-state index contributed by atoms with van der Waals surface area (Å²) in [5.41, 5.74) is -1.27. The Kier molecular flexibility index (Phi) is 18.7. The standard InChI is InChI=1S/C41H67NO14/c1-23(2)22-50-39-27(6)52-33(21-41(39,8)48)55-36-26(5)53-40(35(47)34(36)42(9)10)56-37-29(17-18-43)19-24(3)30(45)16-14-12-13-15-25(4)51-32(46)20-31(38(37)49-11)54-28(7)44/h12-14,16,18,23-27,29,31,33-40,47-48H,15,17,19-22H2,1-11H3/b13-12-,16-14-. The third-order valence-electron chi connectivity index (χ3n) is 10.5. The quantitative estimate of drug-likeness (QED) is 0.216. The number of nitrogens with zero attached hydrogens (tertiary/aromatic N) is 1. The lowest BCUT2D eigenvalue weighted by molar-refractivity contribution is -0.346. The van der Waals surface area contributed by atoms with Gasteiger partial charge in [-0.3, -0.25) is 14.4 Å². The highest BCUT2D eigenvalue weighted by atomic mass is 16.7. The van der Waals surface area contributed by atoms with Gasteiger partial charge in [-0.25, -0.2) is 0 Å². The molecule has 0 amide bonds. The number of carbonyl (C=O) groups is 4. The molecule has 3 heterocycles. The predicted octanol–water partition coefficient (Wildman–Crippen LogP) is 3.30. The topological polar surface area (TPSA) is 186 Å². The molecule has 0 spiro atoms. The Bertz CT molecular complexity index is 1330. The molecule has 15 heteroatoms. The molecule has 2 fully saturated rings. The monoisotopic (exact) mass is 797 g/mol. The van der Waals surface area contributed by atoms with Gasteiger partial charge in [-0.05, 0) is 66.1 Å². The van der Waals surface area contributed by atoms with E-state index in [4.69, 9.17) is 37.9 Å². The van der Waals surface area contributed by atoms with Gasteiger partial charge in [0.2, 0.25) is 0 Å². The summed E-state index contributed by atoms with van der Waals surface area (Å²) in [6.45, 7) is 14.4. The smallest absolute Gasteiger partial charge is 0.309 e. The Morgan fingerprint density at radius 2 is 1.75 bits per heavy atom. The van der Waals surface area contributed by atoms with E-state index in [2.05, 4.69) is 0 Å². The van der Waals surface area contributed by atoms with Crippen LogP contribution in [0.1, 0.15) is 87.5 Å². The molecule has 2 N–H and O–H groups in total. The Morgan fingerprint density at radius 1 is 1.05 bits per heavy atom. The maximum atomic E-state index is 13.2. The van der Waals surface area contributed by atoms with Crippen LogP contribution in [-0.4, -0.2) is 146 Å². The van der Waals surface area contributed by atoms with Gasteiger partial charge in [0.1, 0.15) is 42.9 Å². The number of aldehydes is 1. The third-order valence-corrected chi connectivity index (χ3v) is 10.5. The third kappa shape index (κ3) is 13.5. The van der Waals surface area contributed by atoms with E-state index in [-0.39, 0.29) is 31.0 Å². The lowest BCUT2D eigenvalue weighted by Crippen LogP contribution is -2.66. The van der Waals surface area contributed by atoms with E-state index in [0.29, 0.717) is 19.3 Å². The fraction of sp³-hybridized carbons (Fsp3) is 0.805. The van der Waals surface area contributed by atoms with E-state index in [1.165, 1.54) is 20.1 Å². The molecule has 0 aromatic carbocycles. The van der Waals surface area contributed by atoms with E-state index >= 15 is 0 Å². The zero-order valence-electron chi connectivity index (χ0n) is 35.0. The molecule has 0 aliphatic carbocycles. The first-order valence-corrected chi connectivity index (χ1v) is 19.8. The van der Waals surface area contributed by atoms with Gasteiger partial charge in [0.15, 0.2) is 18.4 Å². The number of ether oxygens (including phenoxy) is 8. The van der Waals surface area contributed by atoms with Crippen LogP contribution in [0.15, 0.2) is 24.3 Å². The summed E-state index contributed by atoms with van der Waals surface area (Å²) in [6.07, 6.45) is -2.88. The number of methoxy groups -OCH3 is 1. The number of hydrogen-bond donors (Lipinski definition) is 2. The Labute approximate surface area is 332 Å². The lowest BCUT2D eigenvalue weighted by Gasteiger charge is -2.50. The maximum absolute atomic E-state index is 13.2. The summed E-state index contributed by atoms with van der Waals surface area (Å²) in [7, 11) is 4.90. The van der Waals surface area contributed by atoms with Crippen molar-refractivity contribution in [3.05, 3.63) is 24.3 Å². The molecule has 15 atom stereocenters. The number of hydrogen-bond acceptors (Lipinski definition) is 15. The van der Waals surface area contributed by atoms with Crippen LogP contribution < -0.4 is 0 Å². The lowest BCUT2D eigenvalue weighted by atomic mass is 9.83. The molecular formula is C41H67NO14. The average Bonchev–Trinajstić information content (AvgIpc) is 3.07. The molecule has 0 aromatic heterocycles. The second-order valence-corrected chi connectivity index (χ2v) is 16.4. The first-order chi connectivity index (χ1) is 26.3. The number of cyclic esters (lactones) is 1. The van der Waals surface area contributed by atoms with E-state index in [1.54, 1.807) is 64.9 Å². The molecule has 15 nitrogen and oxygen atoms in total. The van der Waals surface area contributed by atoms with Crippen LogP contribution in [0.25, 0.3) is 0 Å². The van der Waals surface area contributed by atoms with Crippen molar-refractivity contribution in [1.82, 2.24) is 4.90 Å². The molecule has 2 saturated heterocycles. The largest absolute Gasteiger partial charge is 0.462 e. The van der Waals surface area contributed by atoms with Crippen molar-refractivity contribution in [3.63, 3.8) is 0 Å². The van der Waals surface area contributed by atoms with Gasteiger partial charge in [-0.1, -0.05) is 39.0 Å². The van der Waals surface area contributed by atoms with Crippen molar-refractivity contribution in [2.45, 2.75) is 167 Å². The first-order valence-electron chi connectivity index (χ1n) is 19.8. The molecule has 0 bridgehead atoms. The number of aliphatic hydroxyl groups excluding tert-OH is 1. The van der Waals surface area contributed by atoms with Crippen molar-refractivity contribution in [2.75, 3.05) is 27.8 Å². The molecule has 0 aromatic rings. The highest BCUT2D eigenvalue weighted by Crippen LogP contribution is 2.37. The number of rotatable bonds is 12. The van der Waals surface area contributed by atoms with Crippen LogP contribution in [0.3, 0.4) is 0 Å². The van der Waals surface area contributed by atoms with Gasteiger partial charge >= 0.3 is 11.9 Å². The van der Waals surface area contributed by atoms with Crippen LogP contribution in [0.2, 0.25) is 0 Å². The van der Waals surface area contributed by atoms with Crippen LogP contribution in [0.4, 0.5) is 0 Å². The summed E-state index contributed by atoms with van der Waals surface area (Å²) >= 11 is 0. The van der Waals surface area contributed by atoms with Gasteiger partial charge in [0, 0.05) is 45.8 Å². The molecule has 3 aliphatic heterocycles. The highest BCUT2D eigenvalue weighted by Gasteiger charge is 2.52. The van der Waals surface area contributed by atoms with Gasteiger partial charge in [0.05, 0.1) is 36.4 Å². The van der Waals surface area contributed by atoms with Gasteiger partial charge in [-0.15, -0.1) is 0 Å². The summed E-state index contributed by atoms with van der Waals surface area (Å²) in [5, 5.41) is 23.5. The molecule has 3 aliphatic rings. The molecule has 0 radical (unpaired) electrons. The zero-order chi connectivity index (χ0) is 41.9. The SMILES string of the molecule is COC1C(OC(C)=O)CC(=O)OC(C)C/C=C\C=C/C(=O)C(C)CC(CC=O)C1OC1OC(C)C(OC2CC(C)(O)C(OCC(C)C)C(C)O2)C(N(C)C)C1O. The molecule has 320 valence electrons. The van der Waals surface area contributed by atoms with Gasteiger partial charge in [0.25, 0.3) is 0 Å². The molecule has 3 rings (SSSR count). The minimum atomic E-state index is -1.36. The second-order valence-electron chi connectivity index (χ2n) is 16.4. The van der Waals surface area contributed by atoms with Gasteiger partial charge < -0.3 is 57.8 Å². The normalized spacial score (nSPS) is 40.6.